The van der Waals surface area contributed by atoms with Crippen LogP contribution in [0.2, 0.25) is 0 Å². The molecule has 14 heavy (non-hydrogen) atoms. The fourth-order valence-corrected chi connectivity index (χ4v) is 1.25. The van der Waals surface area contributed by atoms with Gasteiger partial charge in [0, 0.05) is 13.1 Å². The van der Waals surface area contributed by atoms with Gasteiger partial charge in [0.05, 0.1) is 6.20 Å². The van der Waals surface area contributed by atoms with E-state index in [1.165, 1.54) is 6.92 Å². The Bertz CT molecular complexity index is 492. The molecule has 2 rings (SSSR count). The van der Waals surface area contributed by atoms with Crippen molar-refractivity contribution in [2.75, 3.05) is 5.32 Å². The molecule has 0 bridgehead atoms. The minimum atomic E-state index is -0.138. The Morgan fingerprint density at radius 3 is 3.00 bits per heavy atom. The van der Waals surface area contributed by atoms with Gasteiger partial charge in [0.1, 0.15) is 13.5 Å². The SMILES string of the molecule is [B]c1ccc2nc(NC(C)=O)cn2c1. The van der Waals surface area contributed by atoms with Gasteiger partial charge in [-0.3, -0.25) is 4.79 Å². The number of fused-ring (bicyclic) bond motifs is 1. The maximum atomic E-state index is 10.8. The highest BCUT2D eigenvalue weighted by Crippen LogP contribution is 2.07. The third kappa shape index (κ3) is 1.61. The number of aromatic nitrogens is 2. The molecule has 2 aromatic rings. The largest absolute Gasteiger partial charge is 0.310 e. The standard InChI is InChI=1S/C9H8BN3O/c1-6(14)11-8-5-13-4-7(10)2-3-9(13)12-8/h2-5H,1H3,(H,11,14). The molecular weight excluding hydrogens is 177 g/mol. The van der Waals surface area contributed by atoms with E-state index in [9.17, 15) is 4.79 Å². The number of carbonyl (C=O) groups excluding carboxylic acids is 1. The summed E-state index contributed by atoms with van der Waals surface area (Å²) in [5.74, 6) is 0.393. The molecule has 2 aromatic heterocycles. The first kappa shape index (κ1) is 8.81. The molecule has 2 radical (unpaired) electrons. The molecule has 4 nitrogen and oxygen atoms in total. The van der Waals surface area contributed by atoms with Crippen molar-refractivity contribution in [1.29, 1.82) is 0 Å². The summed E-state index contributed by atoms with van der Waals surface area (Å²) in [5.41, 5.74) is 1.41. The Morgan fingerprint density at radius 1 is 1.50 bits per heavy atom. The third-order valence-electron chi connectivity index (χ3n) is 1.78. The van der Waals surface area contributed by atoms with E-state index in [1.807, 2.05) is 0 Å². The fourth-order valence-electron chi connectivity index (χ4n) is 1.25. The maximum absolute atomic E-state index is 10.8. The van der Waals surface area contributed by atoms with E-state index in [2.05, 4.69) is 10.3 Å². The predicted molar refractivity (Wildman–Crippen MR) is 54.9 cm³/mol. The summed E-state index contributed by atoms with van der Waals surface area (Å²) in [6.07, 6.45) is 3.46. The van der Waals surface area contributed by atoms with Crippen molar-refractivity contribution in [3.8, 4) is 0 Å². The van der Waals surface area contributed by atoms with Crippen molar-refractivity contribution in [3.05, 3.63) is 24.5 Å². The van der Waals surface area contributed by atoms with Crippen LogP contribution in [0, 0.1) is 0 Å². The van der Waals surface area contributed by atoms with Crippen molar-refractivity contribution in [2.24, 2.45) is 0 Å². The number of anilines is 1. The lowest BCUT2D eigenvalue weighted by Gasteiger charge is -1.93. The second kappa shape index (κ2) is 3.18. The molecule has 68 valence electrons. The number of rotatable bonds is 1. The van der Waals surface area contributed by atoms with Crippen LogP contribution in [0.3, 0.4) is 0 Å². The highest BCUT2D eigenvalue weighted by Gasteiger charge is 2.01. The van der Waals surface area contributed by atoms with Gasteiger partial charge in [0.25, 0.3) is 0 Å². The zero-order chi connectivity index (χ0) is 10.1. The lowest BCUT2D eigenvalue weighted by atomic mass is 9.99. The number of amides is 1. The molecule has 0 aliphatic heterocycles. The van der Waals surface area contributed by atoms with Gasteiger partial charge in [-0.1, -0.05) is 11.5 Å². The van der Waals surface area contributed by atoms with Crippen LogP contribution in [0.15, 0.2) is 24.5 Å². The van der Waals surface area contributed by atoms with Crippen molar-refractivity contribution < 1.29 is 4.79 Å². The van der Waals surface area contributed by atoms with Crippen LogP contribution < -0.4 is 10.8 Å². The molecule has 1 amide bonds. The fraction of sp³-hybridized carbons (Fsp3) is 0.111. The van der Waals surface area contributed by atoms with E-state index in [0.717, 1.165) is 5.65 Å². The van der Waals surface area contributed by atoms with Gasteiger partial charge in [-0.15, -0.1) is 0 Å². The molecule has 0 aromatic carbocycles. The van der Waals surface area contributed by atoms with Crippen LogP contribution in [0.1, 0.15) is 6.92 Å². The van der Waals surface area contributed by atoms with Crippen LogP contribution in [-0.4, -0.2) is 23.1 Å². The lowest BCUT2D eigenvalue weighted by Crippen LogP contribution is -2.05. The summed E-state index contributed by atoms with van der Waals surface area (Å²) in [5, 5.41) is 2.60. The summed E-state index contributed by atoms with van der Waals surface area (Å²) < 4.78 is 1.76. The number of carbonyl (C=O) groups is 1. The number of pyridine rings is 1. The molecular formula is C9H8BN3O. The van der Waals surface area contributed by atoms with Gasteiger partial charge in [-0.2, -0.15) is 0 Å². The van der Waals surface area contributed by atoms with E-state index in [4.69, 9.17) is 7.85 Å². The molecule has 0 aliphatic rings. The van der Waals surface area contributed by atoms with Crippen LogP contribution in [0.5, 0.6) is 0 Å². The monoisotopic (exact) mass is 185 g/mol. The van der Waals surface area contributed by atoms with Gasteiger partial charge in [-0.05, 0) is 6.07 Å². The van der Waals surface area contributed by atoms with Gasteiger partial charge >= 0.3 is 0 Å². The molecule has 0 aliphatic carbocycles. The zero-order valence-corrected chi connectivity index (χ0v) is 7.69. The smallest absolute Gasteiger partial charge is 0.222 e. The Hall–Kier alpha value is -1.78. The third-order valence-corrected chi connectivity index (χ3v) is 1.78. The van der Waals surface area contributed by atoms with Crippen LogP contribution in [-0.2, 0) is 4.79 Å². The van der Waals surface area contributed by atoms with Gasteiger partial charge in [0.15, 0.2) is 5.82 Å². The Morgan fingerprint density at radius 2 is 2.29 bits per heavy atom. The Labute approximate surface area is 82.4 Å². The molecule has 0 saturated heterocycles. The van der Waals surface area contributed by atoms with Crippen LogP contribution in [0.4, 0.5) is 5.82 Å². The molecule has 1 N–H and O–H groups in total. The average molecular weight is 185 g/mol. The molecule has 5 heteroatoms. The first-order chi connectivity index (χ1) is 6.65. The number of nitrogens with one attached hydrogen (secondary N) is 1. The van der Waals surface area contributed by atoms with Crippen molar-refractivity contribution in [2.45, 2.75) is 6.92 Å². The quantitative estimate of drug-likeness (QED) is 0.639. The normalized spacial score (nSPS) is 10.4. The number of hydrogen-bond acceptors (Lipinski definition) is 2. The summed E-state index contributed by atoms with van der Waals surface area (Å²) in [6, 6.07) is 3.56. The minimum absolute atomic E-state index is 0.138. The zero-order valence-electron chi connectivity index (χ0n) is 7.69. The minimum Gasteiger partial charge on any atom is -0.310 e. The van der Waals surface area contributed by atoms with Crippen LogP contribution >= 0.6 is 0 Å². The van der Waals surface area contributed by atoms with Gasteiger partial charge in [0.2, 0.25) is 5.91 Å². The van der Waals surface area contributed by atoms with Crippen molar-refractivity contribution in [1.82, 2.24) is 9.38 Å². The highest BCUT2D eigenvalue weighted by molar-refractivity contribution is 6.32. The summed E-state index contributed by atoms with van der Waals surface area (Å²) >= 11 is 0. The first-order valence-corrected chi connectivity index (χ1v) is 4.17. The van der Waals surface area contributed by atoms with Gasteiger partial charge in [-0.25, -0.2) is 4.98 Å². The Balaban J connectivity index is 2.46. The number of hydrogen-bond donors (Lipinski definition) is 1. The molecule has 0 fully saturated rings. The van der Waals surface area contributed by atoms with E-state index < -0.39 is 0 Å². The van der Waals surface area contributed by atoms with Crippen LogP contribution in [0.25, 0.3) is 5.65 Å². The van der Waals surface area contributed by atoms with Crippen molar-refractivity contribution >= 4 is 30.7 Å². The van der Waals surface area contributed by atoms with E-state index in [0.29, 0.717) is 11.3 Å². The first-order valence-electron chi connectivity index (χ1n) is 4.17. The lowest BCUT2D eigenvalue weighted by molar-refractivity contribution is -0.114. The molecule has 2 heterocycles. The molecule has 0 saturated carbocycles. The second-order valence-corrected chi connectivity index (χ2v) is 3.04. The average Bonchev–Trinajstić information content (AvgIpc) is 2.44. The highest BCUT2D eigenvalue weighted by atomic mass is 16.1. The van der Waals surface area contributed by atoms with E-state index in [-0.39, 0.29) is 5.91 Å². The van der Waals surface area contributed by atoms with E-state index >= 15 is 0 Å². The van der Waals surface area contributed by atoms with Crippen molar-refractivity contribution in [3.63, 3.8) is 0 Å². The van der Waals surface area contributed by atoms with E-state index in [1.54, 1.807) is 28.9 Å². The number of nitrogens with zero attached hydrogens (tertiary/aromatic N) is 2. The molecule has 0 unspecified atom stereocenters. The number of imidazole rings is 1. The summed E-state index contributed by atoms with van der Waals surface area (Å²) in [7, 11) is 5.60. The summed E-state index contributed by atoms with van der Waals surface area (Å²) in [6.45, 7) is 1.44. The topological polar surface area (TPSA) is 46.4 Å². The predicted octanol–water partition coefficient (Wildman–Crippen LogP) is 0.0865. The Kier molecular flexibility index (Phi) is 2.00. The molecule has 0 spiro atoms. The van der Waals surface area contributed by atoms with Gasteiger partial charge < -0.3 is 9.72 Å². The summed E-state index contributed by atoms with van der Waals surface area (Å²) in [4.78, 5) is 14.9. The maximum Gasteiger partial charge on any atom is 0.222 e. The second-order valence-electron chi connectivity index (χ2n) is 3.04. The molecule has 0 atom stereocenters.